The van der Waals surface area contributed by atoms with Crippen molar-refractivity contribution >= 4 is 22.0 Å². The molecule has 3 unspecified atom stereocenters. The lowest BCUT2D eigenvalue weighted by molar-refractivity contribution is -0.130. The number of hydrogen-bond acceptors (Lipinski definition) is 7. The largest absolute Gasteiger partial charge is 0.397 e. The van der Waals surface area contributed by atoms with Crippen molar-refractivity contribution in [3.8, 4) is 11.8 Å². The highest BCUT2D eigenvalue weighted by Gasteiger charge is 2.55. The van der Waals surface area contributed by atoms with Gasteiger partial charge in [-0.25, -0.2) is 4.18 Å². The summed E-state index contributed by atoms with van der Waals surface area (Å²) in [6.07, 6.45) is 22.7. The number of Topliss-reactive ketones (excluding diaryl/α,β-unsaturated/α-hetero) is 1. The van der Waals surface area contributed by atoms with Crippen LogP contribution in [0.4, 0.5) is 0 Å². The highest BCUT2D eigenvalue weighted by Crippen LogP contribution is 2.51. The first kappa shape index (κ1) is 41.5. The normalized spacial score (nSPS) is 26.1. The van der Waals surface area contributed by atoms with Crippen molar-refractivity contribution in [1.29, 1.82) is 0 Å². The summed E-state index contributed by atoms with van der Waals surface area (Å²) in [5.41, 5.74) is 3.06. The highest BCUT2D eigenvalue weighted by atomic mass is 32.3. The van der Waals surface area contributed by atoms with E-state index in [1.807, 2.05) is 96.2 Å². The molecule has 0 spiro atoms. The molecule has 266 valence electrons. The average molecular weight is 693 g/mol. The van der Waals surface area contributed by atoms with Gasteiger partial charge in [-0.3, -0.25) is 14.1 Å². The smallest absolute Gasteiger partial charge is 0.396 e. The van der Waals surface area contributed by atoms with Crippen LogP contribution >= 0.6 is 0 Å². The lowest BCUT2D eigenvalue weighted by Gasteiger charge is -2.36. The van der Waals surface area contributed by atoms with E-state index >= 15 is 0 Å². The maximum Gasteiger partial charge on any atom is 0.397 e. The van der Waals surface area contributed by atoms with Crippen LogP contribution in [0.15, 0.2) is 106 Å². The Bertz CT molecular complexity index is 1710. The van der Waals surface area contributed by atoms with E-state index in [-0.39, 0.29) is 37.6 Å². The lowest BCUT2D eigenvalue weighted by Crippen LogP contribution is -2.41. The van der Waals surface area contributed by atoms with Crippen LogP contribution in [0.1, 0.15) is 81.1 Å². The summed E-state index contributed by atoms with van der Waals surface area (Å²) in [6, 6.07) is 0. The molecule has 2 aliphatic carbocycles. The fourth-order valence-corrected chi connectivity index (χ4v) is 6.59. The van der Waals surface area contributed by atoms with Gasteiger partial charge in [0.25, 0.3) is 0 Å². The van der Waals surface area contributed by atoms with Crippen LogP contribution in [0.2, 0.25) is 0 Å². The van der Waals surface area contributed by atoms with E-state index in [2.05, 4.69) is 11.8 Å². The minimum atomic E-state index is -4.54. The summed E-state index contributed by atoms with van der Waals surface area (Å²) in [6.45, 7) is 14.7. The third-order valence-electron chi connectivity index (χ3n) is 9.22. The van der Waals surface area contributed by atoms with Crippen molar-refractivity contribution in [2.75, 3.05) is 13.2 Å². The predicted molar refractivity (Wildman–Crippen MR) is 195 cm³/mol. The second-order valence-corrected chi connectivity index (χ2v) is 15.2. The first-order valence-corrected chi connectivity index (χ1v) is 17.7. The molecule has 0 saturated heterocycles. The van der Waals surface area contributed by atoms with Crippen LogP contribution in [-0.4, -0.2) is 54.1 Å². The first-order chi connectivity index (χ1) is 22.7. The van der Waals surface area contributed by atoms with Crippen LogP contribution < -0.4 is 0 Å². The molecule has 9 heteroatoms. The van der Waals surface area contributed by atoms with Crippen LogP contribution in [0.25, 0.3) is 0 Å². The summed E-state index contributed by atoms with van der Waals surface area (Å²) in [4.78, 5) is 25.0. The summed E-state index contributed by atoms with van der Waals surface area (Å²) >= 11 is 0. The number of hydrogen-bond donors (Lipinski definition) is 3. The number of carbonyl (C=O) groups is 2. The Hall–Kier alpha value is -3.65. The van der Waals surface area contributed by atoms with Crippen LogP contribution in [0, 0.1) is 28.1 Å². The lowest BCUT2D eigenvalue weighted by atomic mass is 9.66. The van der Waals surface area contributed by atoms with Crippen molar-refractivity contribution in [1.82, 2.24) is 0 Å². The van der Waals surface area contributed by atoms with Gasteiger partial charge >= 0.3 is 10.4 Å². The van der Waals surface area contributed by atoms with Crippen molar-refractivity contribution in [3.63, 3.8) is 0 Å². The van der Waals surface area contributed by atoms with Gasteiger partial charge in [0, 0.05) is 46.8 Å². The minimum absolute atomic E-state index is 0.00541. The van der Waals surface area contributed by atoms with Crippen molar-refractivity contribution in [2.24, 2.45) is 16.2 Å². The molecule has 1 fully saturated rings. The molecule has 0 amide bonds. The Morgan fingerprint density at radius 2 is 1.43 bits per heavy atom. The van der Waals surface area contributed by atoms with Crippen LogP contribution in [-0.2, 0) is 24.2 Å². The summed E-state index contributed by atoms with van der Waals surface area (Å²) < 4.78 is 36.2. The van der Waals surface area contributed by atoms with E-state index in [1.165, 1.54) is 6.08 Å². The molecule has 3 N–H and O–H groups in total. The Labute approximate surface area is 293 Å². The maximum absolute atomic E-state index is 13.0. The second-order valence-electron chi connectivity index (χ2n) is 14.2. The number of rotatable bonds is 13. The summed E-state index contributed by atoms with van der Waals surface area (Å²) in [5.74, 6) is 6.05. The molecule has 0 aromatic rings. The highest BCUT2D eigenvalue weighted by molar-refractivity contribution is 7.80. The first-order valence-electron chi connectivity index (χ1n) is 16.3. The standard InChI is InChI=1S/C40H52O8S/c1-29(15-11-16-31(3)19-22-37(44)40(8)25-34(43)24-39(40,7)28-42)13-9-10-14-30(2)17-12-18-33(27-41)20-21-36-32(4)23-35(26-38(36,5)6)48-49(45,46)47/h9-19,22,35,41-42H,23-28H2,1-8H3,(H,45,46,47)/b10-9+,15-11+,17-12+,22-19+,29-13+,30-14+,31-16+,33-18-. The quantitative estimate of drug-likeness (QED) is 0.0796. The number of aliphatic hydroxyl groups excluding tert-OH is 2. The molecule has 1 saturated carbocycles. The Morgan fingerprint density at radius 3 is 1.96 bits per heavy atom. The van der Waals surface area contributed by atoms with Crippen LogP contribution in [0.5, 0.6) is 0 Å². The molecular weight excluding hydrogens is 640 g/mol. The molecular formula is C40H52O8S. The molecule has 2 aliphatic rings. The van der Waals surface area contributed by atoms with Gasteiger partial charge in [0.05, 0.1) is 12.7 Å². The Balaban J connectivity index is 1.98. The third-order valence-corrected chi connectivity index (χ3v) is 9.73. The summed E-state index contributed by atoms with van der Waals surface area (Å²) in [5, 5.41) is 19.7. The van der Waals surface area contributed by atoms with Gasteiger partial charge in [0.15, 0.2) is 5.78 Å². The van der Waals surface area contributed by atoms with Gasteiger partial charge in [-0.1, -0.05) is 123 Å². The number of aliphatic hydroxyl groups is 2. The molecule has 3 atom stereocenters. The molecule has 49 heavy (non-hydrogen) atoms. The van der Waals surface area contributed by atoms with Crippen molar-refractivity contribution < 1.29 is 37.0 Å². The van der Waals surface area contributed by atoms with Gasteiger partial charge in [0.1, 0.15) is 5.78 Å². The fraction of sp³-hybridized carbons (Fsp3) is 0.450. The third kappa shape index (κ3) is 12.6. The maximum atomic E-state index is 13.0. The number of ketones is 2. The molecule has 8 nitrogen and oxygen atoms in total. The van der Waals surface area contributed by atoms with Gasteiger partial charge < -0.3 is 10.2 Å². The molecule has 0 aliphatic heterocycles. The Morgan fingerprint density at radius 1 is 0.878 bits per heavy atom. The average Bonchev–Trinajstić information content (AvgIpc) is 3.23. The van der Waals surface area contributed by atoms with Gasteiger partial charge in [-0.15, -0.1) is 0 Å². The molecule has 0 bridgehead atoms. The SMILES string of the molecule is CC1=C(C#C/C(=C/C=C/C(C)=C/C=C/C=C(C)/C=C/C=C(C)/C=C/C(=O)C2(C)CC(=O)CC2(C)CO)CO)C(C)(C)CC(OS(=O)(=O)O)C1. The zero-order valence-corrected chi connectivity index (χ0v) is 30.9. The van der Waals surface area contributed by atoms with E-state index in [9.17, 15) is 28.2 Å². The monoisotopic (exact) mass is 692 g/mol. The fourth-order valence-electron chi connectivity index (χ4n) is 6.11. The van der Waals surface area contributed by atoms with E-state index < -0.39 is 32.7 Å². The van der Waals surface area contributed by atoms with Gasteiger partial charge in [-0.05, 0) is 52.7 Å². The van der Waals surface area contributed by atoms with E-state index in [0.717, 1.165) is 27.9 Å². The molecule has 0 radical (unpaired) electrons. The molecule has 0 aromatic heterocycles. The topological polar surface area (TPSA) is 138 Å². The number of carbonyl (C=O) groups excluding carboxylic acids is 2. The zero-order chi connectivity index (χ0) is 37.0. The predicted octanol–water partition coefficient (Wildman–Crippen LogP) is 7.23. The van der Waals surface area contributed by atoms with Crippen molar-refractivity contribution in [2.45, 2.75) is 87.2 Å². The van der Waals surface area contributed by atoms with Crippen LogP contribution in [0.3, 0.4) is 0 Å². The Kier molecular flexibility index (Phi) is 15.1. The van der Waals surface area contributed by atoms with E-state index in [4.69, 9.17) is 8.74 Å². The zero-order valence-electron chi connectivity index (χ0n) is 30.0. The molecule has 0 heterocycles. The van der Waals surface area contributed by atoms with Crippen molar-refractivity contribution in [3.05, 3.63) is 106 Å². The summed E-state index contributed by atoms with van der Waals surface area (Å²) in [7, 11) is -4.54. The van der Waals surface area contributed by atoms with E-state index in [0.29, 0.717) is 18.4 Å². The van der Waals surface area contributed by atoms with Gasteiger partial charge in [-0.2, -0.15) is 8.42 Å². The van der Waals surface area contributed by atoms with E-state index in [1.54, 1.807) is 26.0 Å². The molecule has 2 rings (SSSR count). The number of allylic oxidation sites excluding steroid dienone is 16. The minimum Gasteiger partial charge on any atom is -0.396 e. The second kappa shape index (κ2) is 17.8. The van der Waals surface area contributed by atoms with Gasteiger partial charge in [0.2, 0.25) is 0 Å². The molecule has 0 aromatic carbocycles.